The molecule has 0 spiro atoms. The van der Waals surface area contributed by atoms with Gasteiger partial charge in [-0.3, -0.25) is 4.90 Å². The van der Waals surface area contributed by atoms with Gasteiger partial charge in [-0.2, -0.15) is 0 Å². The maximum atomic E-state index is 5.67. The first-order valence-electron chi connectivity index (χ1n) is 8.47. The summed E-state index contributed by atoms with van der Waals surface area (Å²) < 4.78 is 10.9. The molecule has 1 aliphatic heterocycles. The molecule has 4 rings (SSSR count). The van der Waals surface area contributed by atoms with Gasteiger partial charge in [0, 0.05) is 18.2 Å². The number of aromatic nitrogens is 2. The van der Waals surface area contributed by atoms with E-state index in [9.17, 15) is 0 Å². The number of likely N-dealkylation sites (tertiary alicyclic amines) is 1. The molecule has 24 heavy (non-hydrogen) atoms. The van der Waals surface area contributed by atoms with Crippen LogP contribution in [0.15, 0.2) is 51.6 Å². The first-order valence-corrected chi connectivity index (χ1v) is 8.47. The Morgan fingerprint density at radius 3 is 2.88 bits per heavy atom. The smallest absolute Gasteiger partial charge is 0.226 e. The van der Waals surface area contributed by atoms with E-state index in [4.69, 9.17) is 8.94 Å². The van der Waals surface area contributed by atoms with Crippen LogP contribution in [0.1, 0.15) is 42.5 Å². The Balaban J connectivity index is 1.52. The second kappa shape index (κ2) is 6.61. The lowest BCUT2D eigenvalue weighted by atomic mass is 9.99. The Bertz CT molecular complexity index is 794. The average Bonchev–Trinajstić information content (AvgIpc) is 3.25. The van der Waals surface area contributed by atoms with Crippen molar-refractivity contribution in [1.29, 1.82) is 0 Å². The van der Waals surface area contributed by atoms with Crippen molar-refractivity contribution in [2.24, 2.45) is 0 Å². The second-order valence-electron chi connectivity index (χ2n) is 6.35. The molecule has 1 atom stereocenters. The monoisotopic (exact) mass is 323 g/mol. The van der Waals surface area contributed by atoms with Crippen molar-refractivity contribution in [3.8, 4) is 11.5 Å². The Labute approximate surface area is 141 Å². The molecular weight excluding hydrogens is 302 g/mol. The maximum Gasteiger partial charge on any atom is 0.226 e. The Morgan fingerprint density at radius 1 is 1.21 bits per heavy atom. The van der Waals surface area contributed by atoms with Gasteiger partial charge in [-0.05, 0) is 38.4 Å². The van der Waals surface area contributed by atoms with Gasteiger partial charge in [0.05, 0.1) is 11.7 Å². The number of rotatable bonds is 4. The van der Waals surface area contributed by atoms with Gasteiger partial charge in [-0.1, -0.05) is 29.8 Å². The van der Waals surface area contributed by atoms with Crippen LogP contribution < -0.4 is 0 Å². The molecule has 3 aromatic rings. The molecule has 0 radical (unpaired) electrons. The predicted octanol–water partition coefficient (Wildman–Crippen LogP) is 4.37. The van der Waals surface area contributed by atoms with E-state index >= 15 is 0 Å². The van der Waals surface area contributed by atoms with Crippen molar-refractivity contribution >= 4 is 0 Å². The zero-order valence-corrected chi connectivity index (χ0v) is 13.8. The molecule has 124 valence electrons. The third-order valence-corrected chi connectivity index (χ3v) is 4.54. The summed E-state index contributed by atoms with van der Waals surface area (Å²) in [5, 5.41) is 4.22. The molecule has 3 heterocycles. The van der Waals surface area contributed by atoms with Crippen molar-refractivity contribution in [3.05, 3.63) is 59.8 Å². The zero-order valence-electron chi connectivity index (χ0n) is 13.8. The topological polar surface area (TPSA) is 55.3 Å². The molecule has 1 unspecified atom stereocenters. The van der Waals surface area contributed by atoms with Crippen LogP contribution in [0.4, 0.5) is 0 Å². The fourth-order valence-electron chi connectivity index (χ4n) is 3.36. The van der Waals surface area contributed by atoms with E-state index in [0.717, 1.165) is 42.2 Å². The van der Waals surface area contributed by atoms with Crippen LogP contribution in [0.3, 0.4) is 0 Å². The molecule has 0 aliphatic carbocycles. The van der Waals surface area contributed by atoms with Gasteiger partial charge in [0.1, 0.15) is 17.7 Å². The third-order valence-electron chi connectivity index (χ3n) is 4.54. The van der Waals surface area contributed by atoms with E-state index in [1.165, 1.54) is 12.8 Å². The predicted molar refractivity (Wildman–Crippen MR) is 90.2 cm³/mol. The van der Waals surface area contributed by atoms with Crippen molar-refractivity contribution < 1.29 is 8.94 Å². The van der Waals surface area contributed by atoms with Crippen molar-refractivity contribution in [1.82, 2.24) is 15.0 Å². The lowest BCUT2D eigenvalue weighted by Gasteiger charge is -2.33. The molecule has 1 aliphatic rings. The number of oxazole rings is 1. The summed E-state index contributed by atoms with van der Waals surface area (Å²) in [6.45, 7) is 3.75. The molecule has 1 aromatic carbocycles. The first-order chi connectivity index (χ1) is 11.8. The highest BCUT2D eigenvalue weighted by atomic mass is 16.5. The highest BCUT2D eigenvalue weighted by molar-refractivity contribution is 5.52. The van der Waals surface area contributed by atoms with Crippen molar-refractivity contribution in [2.75, 3.05) is 6.54 Å². The minimum atomic E-state index is 0.299. The van der Waals surface area contributed by atoms with Crippen LogP contribution in [-0.4, -0.2) is 21.6 Å². The summed E-state index contributed by atoms with van der Waals surface area (Å²) in [4.78, 5) is 7.08. The Kier molecular flexibility index (Phi) is 4.17. The summed E-state index contributed by atoms with van der Waals surface area (Å²) in [5.74, 6) is 1.54. The van der Waals surface area contributed by atoms with Crippen molar-refractivity contribution in [2.45, 2.75) is 38.8 Å². The van der Waals surface area contributed by atoms with Gasteiger partial charge < -0.3 is 8.94 Å². The molecule has 0 bridgehead atoms. The number of benzene rings is 1. The van der Waals surface area contributed by atoms with E-state index in [-0.39, 0.29) is 0 Å². The Morgan fingerprint density at radius 2 is 2.08 bits per heavy atom. The molecule has 1 saturated heterocycles. The van der Waals surface area contributed by atoms with Gasteiger partial charge >= 0.3 is 0 Å². The molecule has 0 N–H and O–H groups in total. The van der Waals surface area contributed by atoms with Crippen LogP contribution >= 0.6 is 0 Å². The van der Waals surface area contributed by atoms with E-state index in [1.54, 1.807) is 6.26 Å². The molecule has 5 nitrogen and oxygen atoms in total. The maximum absolute atomic E-state index is 5.67. The standard InChI is InChI=1S/C19H21N3O2/c1-14-11-17(21-24-14)18-9-5-6-10-22(18)12-16-13-23-19(20-16)15-7-3-2-4-8-15/h2-4,7-8,11,13,18H,5-6,9-10,12H2,1H3. The summed E-state index contributed by atoms with van der Waals surface area (Å²) in [5.41, 5.74) is 2.99. The second-order valence-corrected chi connectivity index (χ2v) is 6.35. The molecule has 0 saturated carbocycles. The lowest BCUT2D eigenvalue weighted by molar-refractivity contribution is 0.132. The van der Waals surface area contributed by atoms with E-state index in [0.29, 0.717) is 11.9 Å². The molecular formula is C19H21N3O2. The van der Waals surface area contributed by atoms with Gasteiger partial charge in [0.25, 0.3) is 0 Å². The first kappa shape index (κ1) is 15.1. The molecule has 0 amide bonds. The van der Waals surface area contributed by atoms with Crippen molar-refractivity contribution in [3.63, 3.8) is 0 Å². The quantitative estimate of drug-likeness (QED) is 0.714. The van der Waals surface area contributed by atoms with Gasteiger partial charge in [-0.25, -0.2) is 4.98 Å². The summed E-state index contributed by atoms with van der Waals surface area (Å²) in [6, 6.07) is 12.3. The van der Waals surface area contributed by atoms with Gasteiger partial charge in [0.15, 0.2) is 0 Å². The minimum absolute atomic E-state index is 0.299. The average molecular weight is 323 g/mol. The highest BCUT2D eigenvalue weighted by Crippen LogP contribution is 2.32. The highest BCUT2D eigenvalue weighted by Gasteiger charge is 2.27. The summed E-state index contributed by atoms with van der Waals surface area (Å²) >= 11 is 0. The fourth-order valence-corrected chi connectivity index (χ4v) is 3.36. The van der Waals surface area contributed by atoms with Crippen LogP contribution in [0.5, 0.6) is 0 Å². The number of hydrogen-bond acceptors (Lipinski definition) is 5. The molecule has 5 heteroatoms. The molecule has 1 fully saturated rings. The van der Waals surface area contributed by atoms with Crippen LogP contribution in [0.25, 0.3) is 11.5 Å². The van der Waals surface area contributed by atoms with E-state index < -0.39 is 0 Å². The number of piperidine rings is 1. The van der Waals surface area contributed by atoms with Crippen LogP contribution in [-0.2, 0) is 6.54 Å². The number of nitrogens with zero attached hydrogens (tertiary/aromatic N) is 3. The summed E-state index contributed by atoms with van der Waals surface area (Å²) in [7, 11) is 0. The largest absolute Gasteiger partial charge is 0.444 e. The Hall–Kier alpha value is -2.40. The van der Waals surface area contributed by atoms with Crippen LogP contribution in [0.2, 0.25) is 0 Å². The summed E-state index contributed by atoms with van der Waals surface area (Å²) in [6.07, 6.45) is 5.30. The normalized spacial score (nSPS) is 18.8. The third kappa shape index (κ3) is 3.12. The van der Waals surface area contributed by atoms with Gasteiger partial charge in [0.2, 0.25) is 5.89 Å². The molecule has 2 aromatic heterocycles. The fraction of sp³-hybridized carbons (Fsp3) is 0.368. The minimum Gasteiger partial charge on any atom is -0.444 e. The van der Waals surface area contributed by atoms with E-state index in [2.05, 4.69) is 15.0 Å². The SMILES string of the molecule is Cc1cc(C2CCCCN2Cc2coc(-c3ccccc3)n2)no1. The number of aryl methyl sites for hydroxylation is 1. The zero-order chi connectivity index (χ0) is 16.4. The lowest BCUT2D eigenvalue weighted by Crippen LogP contribution is -2.33. The number of hydrogen-bond donors (Lipinski definition) is 0. The van der Waals surface area contributed by atoms with E-state index in [1.807, 2.05) is 43.3 Å². The van der Waals surface area contributed by atoms with Gasteiger partial charge in [-0.15, -0.1) is 0 Å². The van der Waals surface area contributed by atoms with Crippen LogP contribution in [0, 0.1) is 6.92 Å².